The van der Waals surface area contributed by atoms with Crippen LogP contribution >= 0.6 is 0 Å². The largest absolute Gasteiger partial charge is 0.454 e. The third-order valence-electron chi connectivity index (χ3n) is 4.70. The lowest BCUT2D eigenvalue weighted by molar-refractivity contribution is -0.384. The highest BCUT2D eigenvalue weighted by atomic mass is 32.2. The Morgan fingerprint density at radius 2 is 1.81 bits per heavy atom. The Kier molecular flexibility index (Phi) is 4.04. The Balaban J connectivity index is 1.53. The molecule has 0 aliphatic carbocycles. The van der Waals surface area contributed by atoms with Crippen LogP contribution in [0.2, 0.25) is 0 Å². The van der Waals surface area contributed by atoms with Crippen LogP contribution in [-0.2, 0) is 10.0 Å². The lowest BCUT2D eigenvalue weighted by atomic mass is 9.98. The number of fused-ring (bicyclic) bond motifs is 1. The zero-order valence-corrected chi connectivity index (χ0v) is 14.5. The molecule has 8 nitrogen and oxygen atoms in total. The SMILES string of the molecule is O=[N+]([O-])c1ccc(S(=O)(=O)N2CCC(c3ccc4c(c3)OCO4)C2)cc1. The number of nitro benzene ring substituents is 1. The molecule has 136 valence electrons. The molecule has 2 aromatic carbocycles. The average Bonchev–Trinajstić information content (AvgIpc) is 3.30. The number of rotatable bonds is 4. The summed E-state index contributed by atoms with van der Waals surface area (Å²) in [5.74, 6) is 1.44. The van der Waals surface area contributed by atoms with E-state index in [4.69, 9.17) is 9.47 Å². The number of ether oxygens (including phenoxy) is 2. The normalized spacial score (nSPS) is 19.6. The Morgan fingerprint density at radius 1 is 1.08 bits per heavy atom. The second-order valence-corrected chi connectivity index (χ2v) is 8.15. The number of sulfonamides is 1. The van der Waals surface area contributed by atoms with Crippen molar-refractivity contribution in [2.75, 3.05) is 19.9 Å². The molecule has 4 rings (SSSR count). The monoisotopic (exact) mass is 376 g/mol. The van der Waals surface area contributed by atoms with Crippen LogP contribution in [0.5, 0.6) is 11.5 Å². The molecular formula is C17H16N2O6S. The van der Waals surface area contributed by atoms with Crippen LogP contribution in [-0.4, -0.2) is 37.5 Å². The molecule has 1 unspecified atom stereocenters. The summed E-state index contributed by atoms with van der Waals surface area (Å²) in [5, 5.41) is 10.7. The van der Waals surface area contributed by atoms with Gasteiger partial charge >= 0.3 is 0 Å². The molecular weight excluding hydrogens is 360 g/mol. The molecule has 0 spiro atoms. The molecule has 0 N–H and O–H groups in total. The van der Waals surface area contributed by atoms with Gasteiger partial charge < -0.3 is 9.47 Å². The Morgan fingerprint density at radius 3 is 2.54 bits per heavy atom. The number of benzene rings is 2. The van der Waals surface area contributed by atoms with Crippen LogP contribution in [0, 0.1) is 10.1 Å². The van der Waals surface area contributed by atoms with Gasteiger partial charge in [0.2, 0.25) is 16.8 Å². The first-order valence-corrected chi connectivity index (χ1v) is 9.53. The summed E-state index contributed by atoms with van der Waals surface area (Å²) < 4.78 is 37.7. The molecule has 2 aliphatic rings. The van der Waals surface area contributed by atoms with Crippen LogP contribution in [0.15, 0.2) is 47.4 Å². The second kappa shape index (κ2) is 6.26. The van der Waals surface area contributed by atoms with Gasteiger partial charge in [0.05, 0.1) is 9.82 Å². The number of nitrogens with zero attached hydrogens (tertiary/aromatic N) is 2. The first-order chi connectivity index (χ1) is 12.4. The molecule has 2 aliphatic heterocycles. The number of non-ortho nitro benzene ring substituents is 1. The van der Waals surface area contributed by atoms with E-state index in [0.29, 0.717) is 31.0 Å². The lowest BCUT2D eigenvalue weighted by Gasteiger charge is -2.17. The molecule has 1 fully saturated rings. The van der Waals surface area contributed by atoms with Crippen molar-refractivity contribution >= 4 is 15.7 Å². The van der Waals surface area contributed by atoms with E-state index < -0.39 is 14.9 Å². The van der Waals surface area contributed by atoms with Crippen LogP contribution in [0.4, 0.5) is 5.69 Å². The number of hydrogen-bond donors (Lipinski definition) is 0. The molecule has 1 atom stereocenters. The fraction of sp³-hybridized carbons (Fsp3) is 0.294. The first kappa shape index (κ1) is 16.8. The van der Waals surface area contributed by atoms with E-state index in [-0.39, 0.29) is 23.3 Å². The van der Waals surface area contributed by atoms with Crippen molar-refractivity contribution in [3.05, 3.63) is 58.1 Å². The lowest BCUT2D eigenvalue weighted by Crippen LogP contribution is -2.28. The predicted octanol–water partition coefficient (Wildman–Crippen LogP) is 2.50. The van der Waals surface area contributed by atoms with E-state index in [1.54, 1.807) is 0 Å². The van der Waals surface area contributed by atoms with Gasteiger partial charge in [0.15, 0.2) is 11.5 Å². The molecule has 0 amide bonds. The van der Waals surface area contributed by atoms with Gasteiger partial charge in [0.25, 0.3) is 5.69 Å². The van der Waals surface area contributed by atoms with Gasteiger partial charge in [-0.2, -0.15) is 4.31 Å². The van der Waals surface area contributed by atoms with Crippen LogP contribution < -0.4 is 9.47 Å². The highest BCUT2D eigenvalue weighted by Crippen LogP contribution is 2.38. The Bertz CT molecular complexity index is 958. The summed E-state index contributed by atoms with van der Waals surface area (Å²) in [6.45, 7) is 0.960. The second-order valence-electron chi connectivity index (χ2n) is 6.21. The number of nitro groups is 1. The zero-order chi connectivity index (χ0) is 18.3. The van der Waals surface area contributed by atoms with Crippen molar-refractivity contribution in [1.29, 1.82) is 0 Å². The molecule has 0 bridgehead atoms. The predicted molar refractivity (Wildman–Crippen MR) is 91.8 cm³/mol. The van der Waals surface area contributed by atoms with Crippen molar-refractivity contribution in [3.63, 3.8) is 0 Å². The summed E-state index contributed by atoms with van der Waals surface area (Å²) in [6.07, 6.45) is 0.700. The quantitative estimate of drug-likeness (QED) is 0.600. The Hall–Kier alpha value is -2.65. The van der Waals surface area contributed by atoms with E-state index >= 15 is 0 Å². The van der Waals surface area contributed by atoms with Crippen molar-refractivity contribution in [1.82, 2.24) is 4.31 Å². The molecule has 9 heteroatoms. The van der Waals surface area contributed by atoms with E-state index in [9.17, 15) is 18.5 Å². The van der Waals surface area contributed by atoms with E-state index in [1.165, 1.54) is 28.6 Å². The Labute approximate surface area is 150 Å². The van der Waals surface area contributed by atoms with Gasteiger partial charge in [-0.3, -0.25) is 10.1 Å². The fourth-order valence-corrected chi connectivity index (χ4v) is 4.77. The van der Waals surface area contributed by atoms with Gasteiger partial charge in [-0.15, -0.1) is 0 Å². The van der Waals surface area contributed by atoms with Crippen molar-refractivity contribution in [3.8, 4) is 11.5 Å². The molecule has 2 heterocycles. The van der Waals surface area contributed by atoms with Gasteiger partial charge in [0.1, 0.15) is 0 Å². The topological polar surface area (TPSA) is 99.0 Å². The molecule has 26 heavy (non-hydrogen) atoms. The van der Waals surface area contributed by atoms with Crippen LogP contribution in [0.3, 0.4) is 0 Å². The highest BCUT2D eigenvalue weighted by molar-refractivity contribution is 7.89. The van der Waals surface area contributed by atoms with E-state index in [0.717, 1.165) is 5.56 Å². The number of hydrogen-bond acceptors (Lipinski definition) is 6. The third kappa shape index (κ3) is 2.89. The minimum atomic E-state index is -3.68. The van der Waals surface area contributed by atoms with Gasteiger partial charge in [-0.25, -0.2) is 8.42 Å². The maximum atomic E-state index is 12.8. The van der Waals surface area contributed by atoms with Crippen molar-refractivity contribution in [2.45, 2.75) is 17.2 Å². The maximum Gasteiger partial charge on any atom is 0.269 e. The van der Waals surface area contributed by atoms with E-state index in [1.807, 2.05) is 18.2 Å². The summed E-state index contributed by atoms with van der Waals surface area (Å²) in [5.41, 5.74) is 0.874. The summed E-state index contributed by atoms with van der Waals surface area (Å²) in [4.78, 5) is 10.2. The van der Waals surface area contributed by atoms with Crippen LogP contribution in [0.25, 0.3) is 0 Å². The van der Waals surface area contributed by atoms with Crippen LogP contribution in [0.1, 0.15) is 17.9 Å². The highest BCUT2D eigenvalue weighted by Gasteiger charge is 2.34. The van der Waals surface area contributed by atoms with Gasteiger partial charge in [-0.05, 0) is 42.2 Å². The third-order valence-corrected chi connectivity index (χ3v) is 6.58. The maximum absolute atomic E-state index is 12.8. The minimum Gasteiger partial charge on any atom is -0.454 e. The van der Waals surface area contributed by atoms with Gasteiger partial charge in [-0.1, -0.05) is 6.07 Å². The first-order valence-electron chi connectivity index (χ1n) is 8.09. The van der Waals surface area contributed by atoms with Gasteiger partial charge in [0, 0.05) is 25.2 Å². The van der Waals surface area contributed by atoms with E-state index in [2.05, 4.69) is 0 Å². The molecule has 1 saturated heterocycles. The minimum absolute atomic E-state index is 0.0643. The molecule has 0 saturated carbocycles. The molecule has 0 radical (unpaired) electrons. The summed E-state index contributed by atoms with van der Waals surface area (Å²) in [6, 6.07) is 10.6. The average molecular weight is 376 g/mol. The smallest absolute Gasteiger partial charge is 0.269 e. The zero-order valence-electron chi connectivity index (χ0n) is 13.7. The van der Waals surface area contributed by atoms with Crippen molar-refractivity contribution < 1.29 is 22.8 Å². The standard InChI is InChI=1S/C17H16N2O6S/c20-19(21)14-2-4-15(5-3-14)26(22,23)18-8-7-13(10-18)12-1-6-16-17(9-12)25-11-24-16/h1-6,9,13H,7-8,10-11H2. The van der Waals surface area contributed by atoms with Crippen molar-refractivity contribution in [2.24, 2.45) is 0 Å². The summed E-state index contributed by atoms with van der Waals surface area (Å²) >= 11 is 0. The summed E-state index contributed by atoms with van der Waals surface area (Å²) in [7, 11) is -3.68. The molecule has 0 aromatic heterocycles. The fourth-order valence-electron chi connectivity index (χ4n) is 3.27. The molecule has 2 aromatic rings.